The van der Waals surface area contributed by atoms with Crippen LogP contribution in [0.1, 0.15) is 31.3 Å². The molecule has 2 aromatic heterocycles. The molecule has 3 fully saturated rings. The predicted octanol–water partition coefficient (Wildman–Crippen LogP) is 0.922. The van der Waals surface area contributed by atoms with Crippen LogP contribution in [0.15, 0.2) is 12.3 Å². The Kier molecular flexibility index (Phi) is 5.91. The van der Waals surface area contributed by atoms with E-state index in [1.54, 1.807) is 10.8 Å². The highest BCUT2D eigenvalue weighted by molar-refractivity contribution is 7.51. The molecule has 0 amide bonds. The SMILES string of the molecule is CP(=O)(O)OOC[C@H]1O[C@@H](n2ccc3c(N4CC5CCCC5C4)nc(C#N)nc32)[C@H](O)[C@@H]1O. The molecule has 3 N–H and O–H groups in total. The number of fused-ring (bicyclic) bond motifs is 2. The lowest BCUT2D eigenvalue weighted by molar-refractivity contribution is -0.238. The molecule has 12 nitrogen and oxygen atoms in total. The molecule has 0 bridgehead atoms. The van der Waals surface area contributed by atoms with E-state index in [-0.39, 0.29) is 12.4 Å². The van der Waals surface area contributed by atoms with Crippen LogP contribution in [0.25, 0.3) is 11.0 Å². The van der Waals surface area contributed by atoms with Crippen molar-refractivity contribution in [2.75, 3.05) is 31.3 Å². The average molecular weight is 479 g/mol. The summed E-state index contributed by atoms with van der Waals surface area (Å²) in [5.74, 6) is 1.97. The van der Waals surface area contributed by atoms with E-state index in [4.69, 9.17) is 14.5 Å². The van der Waals surface area contributed by atoms with Crippen LogP contribution < -0.4 is 4.90 Å². The second-order valence-electron chi connectivity index (χ2n) is 9.01. The maximum Gasteiger partial charge on any atom is 0.352 e. The number of hydrogen-bond donors (Lipinski definition) is 3. The van der Waals surface area contributed by atoms with E-state index in [9.17, 15) is 20.0 Å². The molecule has 4 heterocycles. The van der Waals surface area contributed by atoms with Gasteiger partial charge in [0.2, 0.25) is 5.82 Å². The molecule has 0 radical (unpaired) electrons. The number of rotatable bonds is 6. The Bertz CT molecular complexity index is 1120. The van der Waals surface area contributed by atoms with Crippen LogP contribution in [0.4, 0.5) is 5.82 Å². The van der Waals surface area contributed by atoms with Crippen LogP contribution >= 0.6 is 7.60 Å². The summed E-state index contributed by atoms with van der Waals surface area (Å²) in [7, 11) is -3.87. The third kappa shape index (κ3) is 4.26. The number of aromatic nitrogens is 3. The van der Waals surface area contributed by atoms with Crippen molar-refractivity contribution in [1.29, 1.82) is 5.26 Å². The second kappa shape index (κ2) is 8.60. The molecule has 1 aliphatic carbocycles. The van der Waals surface area contributed by atoms with Crippen molar-refractivity contribution in [3.63, 3.8) is 0 Å². The summed E-state index contributed by atoms with van der Waals surface area (Å²) < 4.78 is 22.9. The monoisotopic (exact) mass is 479 g/mol. The molecule has 178 valence electrons. The molecule has 2 saturated heterocycles. The molecule has 1 saturated carbocycles. The maximum absolute atomic E-state index is 11.2. The molecular formula is C20H26N5O7P. The first-order valence-electron chi connectivity index (χ1n) is 10.9. The maximum atomic E-state index is 11.2. The lowest BCUT2D eigenvalue weighted by Crippen LogP contribution is -2.33. The standard InChI is InChI=1S/C20H26N5O7P/c1-33(28,29)32-30-10-14-16(26)17(27)20(31-14)25-6-5-13-18(22-15(7-21)23-19(13)25)24-8-11-3-2-4-12(11)9-24/h5-6,11-12,14,16-17,20,26-27H,2-4,8-10H2,1H3,(H,28,29)/t11?,12?,14-,16-,17-,20-/m1/s1. The summed E-state index contributed by atoms with van der Waals surface area (Å²) in [5.41, 5.74) is 0.413. The van der Waals surface area contributed by atoms with Crippen LogP contribution in [0.2, 0.25) is 0 Å². The molecular weight excluding hydrogens is 453 g/mol. The van der Waals surface area contributed by atoms with Gasteiger partial charge in [-0.1, -0.05) is 6.42 Å². The van der Waals surface area contributed by atoms with Crippen molar-refractivity contribution >= 4 is 24.4 Å². The molecule has 0 spiro atoms. The topological polar surface area (TPSA) is 163 Å². The number of anilines is 1. The first kappa shape index (κ1) is 22.7. The Morgan fingerprint density at radius 3 is 2.67 bits per heavy atom. The van der Waals surface area contributed by atoms with Gasteiger partial charge in [0, 0.05) is 26.0 Å². The van der Waals surface area contributed by atoms with Crippen molar-refractivity contribution in [3.8, 4) is 6.07 Å². The van der Waals surface area contributed by atoms with E-state index in [1.165, 1.54) is 19.3 Å². The summed E-state index contributed by atoms with van der Waals surface area (Å²) in [6.45, 7) is 2.37. The van der Waals surface area contributed by atoms with Crippen LogP contribution in [-0.4, -0.2) is 74.3 Å². The normalized spacial score (nSPS) is 33.4. The fraction of sp³-hybridized carbons (Fsp3) is 0.650. The fourth-order valence-corrected chi connectivity index (χ4v) is 5.47. The summed E-state index contributed by atoms with van der Waals surface area (Å²) >= 11 is 0. The quantitative estimate of drug-likeness (QED) is 0.307. The molecule has 3 aliphatic rings. The molecule has 2 aliphatic heterocycles. The zero-order chi connectivity index (χ0) is 23.3. The smallest absolute Gasteiger partial charge is 0.352 e. The van der Waals surface area contributed by atoms with Gasteiger partial charge in [0.25, 0.3) is 0 Å². The lowest BCUT2D eigenvalue weighted by Gasteiger charge is -2.21. The molecule has 7 atom stereocenters. The highest BCUT2D eigenvalue weighted by Gasteiger charge is 2.45. The highest BCUT2D eigenvalue weighted by atomic mass is 31.2. The minimum Gasteiger partial charge on any atom is -0.387 e. The van der Waals surface area contributed by atoms with E-state index < -0.39 is 32.1 Å². The van der Waals surface area contributed by atoms with Gasteiger partial charge in [0.1, 0.15) is 42.5 Å². The van der Waals surface area contributed by atoms with Crippen molar-refractivity contribution in [1.82, 2.24) is 14.5 Å². The Labute approximate surface area is 189 Å². The first-order chi connectivity index (χ1) is 15.7. The molecule has 2 aromatic rings. The zero-order valence-electron chi connectivity index (χ0n) is 18.0. The third-order valence-electron chi connectivity index (χ3n) is 6.71. The Morgan fingerprint density at radius 2 is 2.00 bits per heavy atom. The molecule has 0 aromatic carbocycles. The summed E-state index contributed by atoms with van der Waals surface area (Å²) in [6, 6.07) is 3.82. The highest BCUT2D eigenvalue weighted by Crippen LogP contribution is 2.42. The van der Waals surface area contributed by atoms with Gasteiger partial charge in [0.05, 0.1) is 5.39 Å². The molecule has 13 heteroatoms. The van der Waals surface area contributed by atoms with Crippen LogP contribution in [-0.2, 0) is 18.9 Å². The van der Waals surface area contributed by atoms with Gasteiger partial charge in [-0.2, -0.15) is 5.26 Å². The number of ether oxygens (including phenoxy) is 1. The van der Waals surface area contributed by atoms with Crippen LogP contribution in [0.3, 0.4) is 0 Å². The van der Waals surface area contributed by atoms with Crippen LogP contribution in [0.5, 0.6) is 0 Å². The predicted molar refractivity (Wildman–Crippen MR) is 114 cm³/mol. The number of nitriles is 1. The number of nitrogens with zero attached hydrogens (tertiary/aromatic N) is 5. The van der Waals surface area contributed by atoms with Gasteiger partial charge in [-0.25, -0.2) is 14.9 Å². The van der Waals surface area contributed by atoms with Crippen molar-refractivity contribution in [3.05, 3.63) is 18.1 Å². The van der Waals surface area contributed by atoms with Gasteiger partial charge in [-0.05, 0) is 30.7 Å². The second-order valence-corrected chi connectivity index (χ2v) is 10.8. The number of aliphatic hydroxyl groups excluding tert-OH is 2. The summed E-state index contributed by atoms with van der Waals surface area (Å²) in [4.78, 5) is 24.9. The summed E-state index contributed by atoms with van der Waals surface area (Å²) in [6.07, 6.45) is 0.662. The van der Waals surface area contributed by atoms with Crippen molar-refractivity contribution < 1.29 is 34.0 Å². The largest absolute Gasteiger partial charge is 0.387 e. The van der Waals surface area contributed by atoms with Gasteiger partial charge in [-0.3, -0.25) is 4.57 Å². The molecule has 3 unspecified atom stereocenters. The van der Waals surface area contributed by atoms with E-state index in [0.29, 0.717) is 23.3 Å². The fourth-order valence-electron chi connectivity index (χ4n) is 5.21. The van der Waals surface area contributed by atoms with E-state index >= 15 is 0 Å². The van der Waals surface area contributed by atoms with E-state index in [2.05, 4.69) is 19.5 Å². The van der Waals surface area contributed by atoms with Crippen molar-refractivity contribution in [2.24, 2.45) is 11.8 Å². The molecule has 33 heavy (non-hydrogen) atoms. The third-order valence-corrected chi connectivity index (χ3v) is 7.09. The van der Waals surface area contributed by atoms with E-state index in [1.807, 2.05) is 12.1 Å². The zero-order valence-corrected chi connectivity index (χ0v) is 18.9. The van der Waals surface area contributed by atoms with Gasteiger partial charge in [0.15, 0.2) is 6.23 Å². The molecule has 5 rings (SSSR count). The lowest BCUT2D eigenvalue weighted by atomic mass is 10.0. The number of aliphatic hydroxyl groups is 2. The van der Waals surface area contributed by atoms with Gasteiger partial charge in [-0.15, -0.1) is 4.67 Å². The Balaban J connectivity index is 1.42. The van der Waals surface area contributed by atoms with Crippen molar-refractivity contribution in [2.45, 2.75) is 43.8 Å². The van der Waals surface area contributed by atoms with Crippen LogP contribution in [0, 0.1) is 23.2 Å². The average Bonchev–Trinajstić information content (AvgIpc) is 3.52. The first-order valence-corrected chi connectivity index (χ1v) is 12.9. The Hall–Kier alpha value is -2.10. The Morgan fingerprint density at radius 1 is 1.27 bits per heavy atom. The van der Waals surface area contributed by atoms with Gasteiger partial charge >= 0.3 is 7.60 Å². The van der Waals surface area contributed by atoms with E-state index in [0.717, 1.165) is 25.1 Å². The minimum atomic E-state index is -3.87. The van der Waals surface area contributed by atoms with Gasteiger partial charge < -0.3 is 29.3 Å². The summed E-state index contributed by atoms with van der Waals surface area (Å²) in [5, 5.41) is 31.3. The number of hydrogen-bond acceptors (Lipinski definition) is 10. The minimum absolute atomic E-state index is 0.0115.